The molecule has 2 amide bonds. The molecule has 0 bridgehead atoms. The van der Waals surface area contributed by atoms with Crippen molar-refractivity contribution in [2.24, 2.45) is 5.16 Å². The number of nitrogen functional groups attached to an aromatic ring is 1. The molecule has 2 aromatic rings. The molecule has 14 heteroatoms. The lowest BCUT2D eigenvalue weighted by molar-refractivity contribution is -0.689. The number of β-lactam (4-membered cyclic amide) rings is 1. The van der Waals surface area contributed by atoms with Crippen LogP contribution in [0.25, 0.3) is 0 Å². The largest absolute Gasteiger partial charge is 0.478 e. The molecule has 2 atom stereocenters. The van der Waals surface area contributed by atoms with E-state index < -0.39 is 40.9 Å². The summed E-state index contributed by atoms with van der Waals surface area (Å²) in [5, 5.41) is 27.3. The number of carbonyl (C=O) groups excluding carboxylic acids is 2. The Morgan fingerprint density at radius 3 is 2.58 bits per heavy atom. The minimum Gasteiger partial charge on any atom is -0.478 e. The Bertz CT molecular complexity index is 1370. The molecule has 0 saturated carbocycles. The second-order valence-electron chi connectivity index (χ2n) is 9.66. The molecule has 5 N–H and O–H groups in total. The highest BCUT2D eigenvalue weighted by molar-refractivity contribution is 7.13. The first-order valence-electron chi connectivity index (χ1n) is 11.6. The number of hydrogen-bond acceptors (Lipinski definition) is 9. The number of nitrogens with one attached hydrogen (secondary N) is 1. The average Bonchev–Trinajstić information content (AvgIpc) is 3.29. The fourth-order valence-corrected chi connectivity index (χ4v) is 4.94. The number of hydrogen-bond donors (Lipinski definition) is 4. The maximum Gasteiger partial charge on any atom is 0.352 e. The first-order chi connectivity index (χ1) is 17.8. The molecule has 0 radical (unpaired) electrons. The molecule has 0 aliphatic carbocycles. The van der Waals surface area contributed by atoms with Gasteiger partial charge in [-0.2, -0.15) is 0 Å². The Balaban J connectivity index is 1.60. The number of aromatic nitrogens is 2. The third-order valence-electron chi connectivity index (χ3n) is 6.58. The van der Waals surface area contributed by atoms with Gasteiger partial charge in [-0.1, -0.05) is 11.2 Å². The number of amides is 2. The third kappa shape index (κ3) is 4.81. The molecule has 38 heavy (non-hydrogen) atoms. The molecule has 0 spiro atoms. The Kier molecular flexibility index (Phi) is 6.93. The number of allylic oxidation sites excluding steroid dienone is 1. The van der Waals surface area contributed by atoms with Crippen LogP contribution in [0.5, 0.6) is 0 Å². The molecule has 2 aliphatic heterocycles. The van der Waals surface area contributed by atoms with Crippen LogP contribution in [-0.4, -0.2) is 66.7 Å². The first kappa shape index (κ1) is 26.7. The number of pyridine rings is 1. The second-order valence-corrected chi connectivity index (χ2v) is 10.5. The minimum absolute atomic E-state index is 0.0388. The summed E-state index contributed by atoms with van der Waals surface area (Å²) in [5.74, 6) is -3.97. The SMILES string of the molecule is CC(C)(O/N=C(/C(=O)N[C@@H]1C(=O)N2C(C(=O)O)=C(C[n+]3ccccc3)CC[C@]12C)c1csc(N)n1)C(=O)O. The van der Waals surface area contributed by atoms with E-state index in [9.17, 15) is 29.4 Å². The minimum atomic E-state index is -1.75. The number of oxime groups is 1. The van der Waals surface area contributed by atoms with Crippen molar-refractivity contribution in [3.63, 3.8) is 0 Å². The van der Waals surface area contributed by atoms with E-state index in [0.29, 0.717) is 25.0 Å². The van der Waals surface area contributed by atoms with Gasteiger partial charge >= 0.3 is 11.9 Å². The van der Waals surface area contributed by atoms with Gasteiger partial charge in [0.1, 0.15) is 17.4 Å². The van der Waals surface area contributed by atoms with E-state index in [1.54, 1.807) is 19.3 Å². The van der Waals surface area contributed by atoms with Gasteiger partial charge in [-0.3, -0.25) is 14.5 Å². The smallest absolute Gasteiger partial charge is 0.352 e. The summed E-state index contributed by atoms with van der Waals surface area (Å²) < 4.78 is 1.82. The topological polar surface area (TPSA) is 188 Å². The van der Waals surface area contributed by atoms with E-state index in [-0.39, 0.29) is 22.2 Å². The predicted molar refractivity (Wildman–Crippen MR) is 134 cm³/mol. The van der Waals surface area contributed by atoms with Crippen LogP contribution in [0.2, 0.25) is 0 Å². The lowest BCUT2D eigenvalue weighted by Crippen LogP contribution is -2.79. The normalized spacial score (nSPS) is 21.4. The maximum atomic E-state index is 13.3. The van der Waals surface area contributed by atoms with Crippen molar-refractivity contribution in [2.45, 2.75) is 57.3 Å². The zero-order valence-electron chi connectivity index (χ0n) is 20.9. The Morgan fingerprint density at radius 2 is 2.00 bits per heavy atom. The number of aliphatic carboxylic acids is 2. The van der Waals surface area contributed by atoms with Gasteiger partial charge in [0.25, 0.3) is 11.8 Å². The number of fused-ring (bicyclic) bond motifs is 1. The van der Waals surface area contributed by atoms with Crippen LogP contribution in [0.15, 0.2) is 52.4 Å². The maximum absolute atomic E-state index is 13.3. The third-order valence-corrected chi connectivity index (χ3v) is 7.25. The van der Waals surface area contributed by atoms with E-state index in [4.69, 9.17) is 10.6 Å². The molecule has 0 unspecified atom stereocenters. The molecule has 2 aliphatic rings. The van der Waals surface area contributed by atoms with Crippen LogP contribution in [0.3, 0.4) is 0 Å². The van der Waals surface area contributed by atoms with Crippen LogP contribution in [0.1, 0.15) is 39.3 Å². The Labute approximate surface area is 221 Å². The monoisotopic (exact) mass is 543 g/mol. The van der Waals surface area contributed by atoms with E-state index in [0.717, 1.165) is 11.3 Å². The zero-order chi connectivity index (χ0) is 27.8. The molecule has 2 aromatic heterocycles. The van der Waals surface area contributed by atoms with Crippen molar-refractivity contribution in [3.05, 3.63) is 52.9 Å². The van der Waals surface area contributed by atoms with Crippen molar-refractivity contribution in [2.75, 3.05) is 5.73 Å². The summed E-state index contributed by atoms with van der Waals surface area (Å²) >= 11 is 1.04. The van der Waals surface area contributed by atoms with Gasteiger partial charge in [-0.05, 0) is 33.6 Å². The lowest BCUT2D eigenvalue weighted by atomic mass is 9.72. The summed E-state index contributed by atoms with van der Waals surface area (Å²) in [6.45, 7) is 4.52. The van der Waals surface area contributed by atoms with Crippen molar-refractivity contribution < 1.29 is 38.8 Å². The Morgan fingerprint density at radius 1 is 1.32 bits per heavy atom. The van der Waals surface area contributed by atoms with Gasteiger partial charge in [0, 0.05) is 23.1 Å². The number of carboxylic acids is 2. The lowest BCUT2D eigenvalue weighted by Gasteiger charge is -2.58. The number of anilines is 1. The summed E-state index contributed by atoms with van der Waals surface area (Å²) in [5.41, 5.74) is 3.10. The number of nitrogens with zero attached hydrogens (tertiary/aromatic N) is 4. The molecule has 1 fully saturated rings. The number of nitrogens with two attached hydrogens (primary N) is 1. The number of thiazole rings is 1. The summed E-state index contributed by atoms with van der Waals surface area (Å²) in [7, 11) is 0. The fourth-order valence-electron chi connectivity index (χ4n) is 4.39. The fraction of sp³-hybridized carbons (Fsp3) is 0.375. The molecule has 0 aromatic carbocycles. The zero-order valence-corrected chi connectivity index (χ0v) is 21.7. The van der Waals surface area contributed by atoms with Gasteiger partial charge in [0.05, 0.1) is 5.54 Å². The van der Waals surface area contributed by atoms with Crippen LogP contribution in [0, 0.1) is 0 Å². The predicted octanol–water partition coefficient (Wildman–Crippen LogP) is 0.515. The van der Waals surface area contributed by atoms with Crippen molar-refractivity contribution in [1.29, 1.82) is 0 Å². The highest BCUT2D eigenvalue weighted by Gasteiger charge is 2.62. The van der Waals surface area contributed by atoms with Crippen molar-refractivity contribution in [1.82, 2.24) is 15.2 Å². The molecule has 4 heterocycles. The Hall–Kier alpha value is -4.33. The molecular weight excluding hydrogens is 516 g/mol. The van der Waals surface area contributed by atoms with Crippen molar-refractivity contribution in [3.8, 4) is 0 Å². The van der Waals surface area contributed by atoms with E-state index >= 15 is 0 Å². The van der Waals surface area contributed by atoms with Gasteiger partial charge < -0.3 is 26.1 Å². The number of rotatable bonds is 9. The standard InChI is InChI=1S/C24H26N6O7S/c1-23(2,21(35)36)37-28-15(14-12-38-22(25)26-14)18(31)27-17-19(32)30-16(20(33)34)13(7-8-24(17,30)3)11-29-9-5-4-6-10-29/h4-6,9-10,12,17H,7-8,11H2,1-3H3,(H4-,25,26,27,31,33,34,35,36)/p+1/b28-15+/t17-,24-/m1/s1. The van der Waals surface area contributed by atoms with Crippen LogP contribution >= 0.6 is 11.3 Å². The quantitative estimate of drug-likeness (QED) is 0.151. The summed E-state index contributed by atoms with van der Waals surface area (Å²) in [6, 6.07) is 4.44. The van der Waals surface area contributed by atoms with Crippen LogP contribution in [-0.2, 0) is 30.6 Å². The average molecular weight is 544 g/mol. The van der Waals surface area contributed by atoms with Crippen LogP contribution in [0.4, 0.5) is 5.13 Å². The highest BCUT2D eigenvalue weighted by Crippen LogP contribution is 2.45. The van der Waals surface area contributed by atoms with Gasteiger partial charge in [0.15, 0.2) is 29.8 Å². The molecule has 200 valence electrons. The highest BCUT2D eigenvalue weighted by atomic mass is 32.1. The number of carbonyl (C=O) groups is 4. The van der Waals surface area contributed by atoms with E-state index in [1.807, 2.05) is 22.8 Å². The van der Waals surface area contributed by atoms with E-state index in [2.05, 4.69) is 15.5 Å². The van der Waals surface area contributed by atoms with Gasteiger partial charge in [-0.25, -0.2) is 19.1 Å². The van der Waals surface area contributed by atoms with Crippen molar-refractivity contribution >= 4 is 45.9 Å². The molecule has 1 saturated heterocycles. The molecule has 4 rings (SSSR count). The first-order valence-corrected chi connectivity index (χ1v) is 12.5. The van der Waals surface area contributed by atoms with Gasteiger partial charge in [-0.15, -0.1) is 11.3 Å². The second kappa shape index (κ2) is 9.85. The van der Waals surface area contributed by atoms with Crippen LogP contribution < -0.4 is 15.6 Å². The summed E-state index contributed by atoms with van der Waals surface area (Å²) in [6.07, 6.45) is 4.42. The van der Waals surface area contributed by atoms with E-state index in [1.165, 1.54) is 24.1 Å². The molecular formula is C24H27N6O7S+. The van der Waals surface area contributed by atoms with Gasteiger partial charge in [0.2, 0.25) is 5.60 Å². The number of carboxylic acid groups (broad SMARTS) is 2. The summed E-state index contributed by atoms with van der Waals surface area (Å²) in [4.78, 5) is 60.5. The molecule has 13 nitrogen and oxygen atoms in total.